The Hall–Kier alpha value is 0.0300. The van der Waals surface area contributed by atoms with Crippen LogP contribution in [0.1, 0.15) is 26.2 Å². The highest BCUT2D eigenvalue weighted by atomic mass is 35.5. The molecular weight excluding hydrogens is 272 g/mol. The number of carbonyl (C=O) groups is 1. The van der Waals surface area contributed by atoms with Gasteiger partial charge in [0.15, 0.2) is 0 Å². The Morgan fingerprint density at radius 2 is 2.39 bits per heavy atom. The van der Waals surface area contributed by atoms with Crippen LogP contribution in [-0.2, 0) is 4.79 Å². The average molecular weight is 297 g/mol. The van der Waals surface area contributed by atoms with Gasteiger partial charge in [0.2, 0.25) is 5.91 Å². The van der Waals surface area contributed by atoms with E-state index in [1.165, 1.54) is 0 Å². The summed E-state index contributed by atoms with van der Waals surface area (Å²) in [7, 11) is 0. The number of thioether (sulfide) groups is 1. The highest BCUT2D eigenvalue weighted by Crippen LogP contribution is 2.10. The second kappa shape index (κ2) is 10.9. The summed E-state index contributed by atoms with van der Waals surface area (Å²) in [4.78, 5) is 11.7. The molecule has 18 heavy (non-hydrogen) atoms. The molecule has 1 aliphatic rings. The Labute approximate surface area is 120 Å². The third-order valence-corrected chi connectivity index (χ3v) is 4.26. The molecule has 0 aromatic carbocycles. The first kappa shape index (κ1) is 18.0. The molecule has 108 valence electrons. The van der Waals surface area contributed by atoms with Crippen molar-refractivity contribution in [2.24, 2.45) is 5.92 Å². The van der Waals surface area contributed by atoms with Crippen molar-refractivity contribution < 1.29 is 9.90 Å². The third-order valence-electron chi connectivity index (χ3n) is 3.13. The van der Waals surface area contributed by atoms with Gasteiger partial charge in [-0.05, 0) is 12.3 Å². The Morgan fingerprint density at radius 3 is 2.94 bits per heavy atom. The second-order valence-electron chi connectivity index (χ2n) is 4.52. The molecule has 0 spiro atoms. The molecule has 0 aromatic heterocycles. The molecule has 2 unspecified atom stereocenters. The van der Waals surface area contributed by atoms with Gasteiger partial charge in [0, 0.05) is 43.7 Å². The first-order valence-corrected chi connectivity index (χ1v) is 7.60. The van der Waals surface area contributed by atoms with E-state index in [1.54, 1.807) is 0 Å². The highest BCUT2D eigenvalue weighted by Gasteiger charge is 2.17. The minimum Gasteiger partial charge on any atom is -0.396 e. The zero-order valence-corrected chi connectivity index (χ0v) is 12.6. The summed E-state index contributed by atoms with van der Waals surface area (Å²) >= 11 is 1.91. The molecule has 4 nitrogen and oxygen atoms in total. The van der Waals surface area contributed by atoms with E-state index in [0.29, 0.717) is 24.9 Å². The van der Waals surface area contributed by atoms with Crippen LogP contribution in [0.25, 0.3) is 0 Å². The number of aliphatic hydroxyl groups excluding tert-OH is 1. The molecule has 0 bridgehead atoms. The number of amides is 1. The molecule has 1 heterocycles. The first-order valence-electron chi connectivity index (χ1n) is 6.45. The molecule has 1 saturated heterocycles. The maximum Gasteiger partial charge on any atom is 0.221 e. The Bertz CT molecular complexity index is 226. The van der Waals surface area contributed by atoms with Crippen molar-refractivity contribution in [3.8, 4) is 0 Å². The van der Waals surface area contributed by atoms with E-state index in [4.69, 9.17) is 5.11 Å². The average Bonchev–Trinajstić information content (AvgIpc) is 2.35. The number of rotatable bonds is 7. The van der Waals surface area contributed by atoms with E-state index in [9.17, 15) is 4.79 Å². The lowest BCUT2D eigenvalue weighted by Crippen LogP contribution is -2.42. The Balaban J connectivity index is 0.00000289. The van der Waals surface area contributed by atoms with Gasteiger partial charge in [0.05, 0.1) is 0 Å². The fourth-order valence-corrected chi connectivity index (χ4v) is 2.89. The molecule has 1 aliphatic heterocycles. The van der Waals surface area contributed by atoms with E-state index in [1.807, 2.05) is 11.8 Å². The van der Waals surface area contributed by atoms with Gasteiger partial charge in [-0.15, -0.1) is 12.4 Å². The predicted octanol–water partition coefficient (Wildman–Crippen LogP) is 1.03. The van der Waals surface area contributed by atoms with Crippen molar-refractivity contribution in [1.82, 2.24) is 10.6 Å². The van der Waals surface area contributed by atoms with Crippen molar-refractivity contribution in [3.63, 3.8) is 0 Å². The minimum absolute atomic E-state index is 0. The maximum atomic E-state index is 11.7. The van der Waals surface area contributed by atoms with Gasteiger partial charge in [-0.3, -0.25) is 4.79 Å². The standard InChI is InChI=1S/C12H24N2O2S.ClH/c1-2-10(3-5-15)8-14-12(16)7-11-9-17-6-4-13-11;/h10-11,13,15H,2-9H2,1H3,(H,14,16);1H. The molecule has 1 rings (SSSR count). The van der Waals surface area contributed by atoms with Crippen LogP contribution in [0.3, 0.4) is 0 Å². The number of carbonyl (C=O) groups excluding carboxylic acids is 1. The number of nitrogens with one attached hydrogen (secondary N) is 2. The largest absolute Gasteiger partial charge is 0.396 e. The fourth-order valence-electron chi connectivity index (χ4n) is 1.94. The zero-order chi connectivity index (χ0) is 12.5. The monoisotopic (exact) mass is 296 g/mol. The van der Waals surface area contributed by atoms with Gasteiger partial charge >= 0.3 is 0 Å². The second-order valence-corrected chi connectivity index (χ2v) is 5.67. The van der Waals surface area contributed by atoms with Crippen LogP contribution in [-0.4, -0.2) is 48.3 Å². The van der Waals surface area contributed by atoms with Gasteiger partial charge in [-0.25, -0.2) is 0 Å². The van der Waals surface area contributed by atoms with Crippen molar-refractivity contribution >= 4 is 30.1 Å². The number of halogens is 1. The van der Waals surface area contributed by atoms with Crippen LogP contribution in [0.15, 0.2) is 0 Å². The predicted molar refractivity (Wildman–Crippen MR) is 79.5 cm³/mol. The van der Waals surface area contributed by atoms with E-state index in [0.717, 1.165) is 30.9 Å². The van der Waals surface area contributed by atoms with Crippen LogP contribution in [0.2, 0.25) is 0 Å². The van der Waals surface area contributed by atoms with E-state index < -0.39 is 0 Å². The minimum atomic E-state index is 0. The van der Waals surface area contributed by atoms with Crippen LogP contribution >= 0.6 is 24.2 Å². The van der Waals surface area contributed by atoms with Gasteiger partial charge in [-0.2, -0.15) is 11.8 Å². The van der Waals surface area contributed by atoms with Crippen molar-refractivity contribution in [3.05, 3.63) is 0 Å². The lowest BCUT2D eigenvalue weighted by atomic mass is 10.0. The van der Waals surface area contributed by atoms with Gasteiger partial charge in [0.1, 0.15) is 0 Å². The maximum absolute atomic E-state index is 11.7. The summed E-state index contributed by atoms with van der Waals surface area (Å²) in [6.07, 6.45) is 2.34. The molecule has 1 fully saturated rings. The van der Waals surface area contributed by atoms with Crippen molar-refractivity contribution in [2.45, 2.75) is 32.2 Å². The molecule has 0 aromatic rings. The quantitative estimate of drug-likeness (QED) is 0.657. The van der Waals surface area contributed by atoms with E-state index >= 15 is 0 Å². The van der Waals surface area contributed by atoms with Crippen molar-refractivity contribution in [2.75, 3.05) is 31.2 Å². The topological polar surface area (TPSA) is 61.4 Å². The lowest BCUT2D eigenvalue weighted by Gasteiger charge is -2.23. The molecule has 0 saturated carbocycles. The Kier molecular flexibility index (Phi) is 10.9. The van der Waals surface area contributed by atoms with E-state index in [-0.39, 0.29) is 24.9 Å². The van der Waals surface area contributed by atoms with Gasteiger partial charge < -0.3 is 15.7 Å². The molecule has 0 radical (unpaired) electrons. The number of hydrogen-bond donors (Lipinski definition) is 3. The van der Waals surface area contributed by atoms with Crippen LogP contribution in [0, 0.1) is 5.92 Å². The molecule has 6 heteroatoms. The molecule has 0 aliphatic carbocycles. The van der Waals surface area contributed by atoms with Crippen LogP contribution < -0.4 is 10.6 Å². The molecule has 2 atom stereocenters. The first-order chi connectivity index (χ1) is 8.26. The normalized spacial score (nSPS) is 20.9. The molecular formula is C12H25ClN2O2S. The van der Waals surface area contributed by atoms with Crippen molar-refractivity contribution in [1.29, 1.82) is 0 Å². The summed E-state index contributed by atoms with van der Waals surface area (Å²) in [6.45, 7) is 3.99. The Morgan fingerprint density at radius 1 is 1.61 bits per heavy atom. The number of hydrogen-bond acceptors (Lipinski definition) is 4. The fraction of sp³-hybridized carbons (Fsp3) is 0.917. The molecule has 1 amide bonds. The lowest BCUT2D eigenvalue weighted by molar-refractivity contribution is -0.121. The molecule has 3 N–H and O–H groups in total. The summed E-state index contributed by atoms with van der Waals surface area (Å²) in [5, 5.41) is 15.2. The van der Waals surface area contributed by atoms with E-state index in [2.05, 4.69) is 17.6 Å². The summed E-state index contributed by atoms with van der Waals surface area (Å²) in [5.41, 5.74) is 0. The van der Waals surface area contributed by atoms with Crippen LogP contribution in [0.4, 0.5) is 0 Å². The van der Waals surface area contributed by atoms with Gasteiger partial charge in [0.25, 0.3) is 0 Å². The zero-order valence-electron chi connectivity index (χ0n) is 11.0. The third kappa shape index (κ3) is 7.46. The number of aliphatic hydroxyl groups is 1. The smallest absolute Gasteiger partial charge is 0.221 e. The highest BCUT2D eigenvalue weighted by molar-refractivity contribution is 7.99. The van der Waals surface area contributed by atoms with Gasteiger partial charge in [-0.1, -0.05) is 13.3 Å². The SMILES string of the molecule is CCC(CCO)CNC(=O)CC1CSCCN1.Cl. The summed E-state index contributed by atoms with van der Waals surface area (Å²) in [6, 6.07) is 0.326. The van der Waals surface area contributed by atoms with Crippen LogP contribution in [0.5, 0.6) is 0 Å². The summed E-state index contributed by atoms with van der Waals surface area (Å²) < 4.78 is 0. The summed E-state index contributed by atoms with van der Waals surface area (Å²) in [5.74, 6) is 2.70.